The van der Waals surface area contributed by atoms with Gasteiger partial charge in [-0.25, -0.2) is 4.98 Å². The first-order valence-corrected chi connectivity index (χ1v) is 23.2. The fraction of sp³-hybridized carbons (Fsp3) is 0. The Balaban J connectivity index is 0.976. The summed E-state index contributed by atoms with van der Waals surface area (Å²) in [6, 6.07) is 89.7. The number of hydrogen-bond acceptors (Lipinski definition) is 3. The van der Waals surface area contributed by atoms with E-state index in [0.29, 0.717) is 0 Å². The number of pyridine rings is 1. The van der Waals surface area contributed by atoms with E-state index in [1.54, 1.807) is 0 Å². The molecule has 14 rings (SSSR count). The average Bonchev–Trinajstić information content (AvgIpc) is 3.85. The smallest absolute Gasteiger partial charge is 0.138 e. The van der Waals surface area contributed by atoms with E-state index < -0.39 is 0 Å². The van der Waals surface area contributed by atoms with Crippen LogP contribution in [0.2, 0.25) is 0 Å². The summed E-state index contributed by atoms with van der Waals surface area (Å²) in [4.78, 5) is 10.4. The van der Waals surface area contributed by atoms with Crippen LogP contribution in [0.15, 0.2) is 249 Å². The first kappa shape index (κ1) is 38.1. The zero-order valence-corrected chi connectivity index (χ0v) is 36.9. The van der Waals surface area contributed by atoms with Crippen LogP contribution in [0.5, 0.6) is 0 Å². The van der Waals surface area contributed by atoms with Crippen molar-refractivity contribution in [1.29, 1.82) is 0 Å². The number of hydrogen-bond donors (Lipinski definition) is 0. The minimum Gasteiger partial charge on any atom is -0.309 e. The average molecular weight is 868 g/mol. The first-order chi connectivity index (χ1) is 33.8. The highest BCUT2D eigenvalue weighted by Gasteiger charge is 2.33. The molecular formula is C63H41N5. The Hall–Kier alpha value is -9.19. The van der Waals surface area contributed by atoms with Crippen molar-refractivity contribution in [3.63, 3.8) is 0 Å². The molecule has 0 saturated heterocycles. The normalized spacial score (nSPS) is 12.4. The Labute approximate surface area is 394 Å². The van der Waals surface area contributed by atoms with Gasteiger partial charge in [0.05, 0.1) is 50.9 Å². The quantitative estimate of drug-likeness (QED) is 0.173. The van der Waals surface area contributed by atoms with Crippen molar-refractivity contribution >= 4 is 55.9 Å². The molecule has 5 heterocycles. The Morgan fingerprint density at radius 1 is 0.294 bits per heavy atom. The van der Waals surface area contributed by atoms with Gasteiger partial charge in [0, 0.05) is 66.8 Å². The van der Waals surface area contributed by atoms with Gasteiger partial charge in [0.25, 0.3) is 0 Å². The molecular weight excluding hydrogens is 827 g/mol. The summed E-state index contributed by atoms with van der Waals surface area (Å²) in [5.74, 6) is 0.859. The van der Waals surface area contributed by atoms with Gasteiger partial charge in [-0.1, -0.05) is 164 Å². The van der Waals surface area contributed by atoms with E-state index in [-0.39, 0.29) is 0 Å². The van der Waals surface area contributed by atoms with Crippen molar-refractivity contribution in [2.75, 3.05) is 9.80 Å². The molecule has 0 bridgehead atoms. The summed E-state index contributed by atoms with van der Waals surface area (Å²) in [7, 11) is 0. The van der Waals surface area contributed by atoms with Crippen LogP contribution in [-0.4, -0.2) is 14.1 Å². The Bertz CT molecular complexity index is 3680. The molecule has 3 aromatic heterocycles. The van der Waals surface area contributed by atoms with Crippen LogP contribution < -0.4 is 9.80 Å². The third-order valence-corrected chi connectivity index (χ3v) is 13.8. The number of nitrogens with zero attached hydrogens (tertiary/aromatic N) is 5. The molecule has 68 heavy (non-hydrogen) atoms. The molecule has 318 valence electrons. The lowest BCUT2D eigenvalue weighted by atomic mass is 9.98. The Kier molecular flexibility index (Phi) is 8.52. The van der Waals surface area contributed by atoms with Gasteiger partial charge in [-0.05, 0) is 84.9 Å². The lowest BCUT2D eigenvalue weighted by molar-refractivity contribution is 1.05. The molecule has 12 aromatic rings. The van der Waals surface area contributed by atoms with E-state index in [1.807, 2.05) is 0 Å². The molecule has 0 radical (unpaired) electrons. The maximum Gasteiger partial charge on any atom is 0.138 e. The lowest BCUT2D eigenvalue weighted by Gasteiger charge is -2.27. The number of rotatable bonds is 5. The van der Waals surface area contributed by atoms with Crippen LogP contribution in [0.25, 0.3) is 89.3 Å². The third-order valence-electron chi connectivity index (χ3n) is 13.8. The molecule has 0 N–H and O–H groups in total. The van der Waals surface area contributed by atoms with Crippen LogP contribution in [0.3, 0.4) is 0 Å². The van der Waals surface area contributed by atoms with Gasteiger partial charge in [-0.15, -0.1) is 0 Å². The fourth-order valence-electron chi connectivity index (χ4n) is 11.0. The molecule has 0 aliphatic carbocycles. The van der Waals surface area contributed by atoms with Crippen LogP contribution >= 0.6 is 0 Å². The van der Waals surface area contributed by atoms with Crippen LogP contribution in [0, 0.1) is 0 Å². The molecule has 0 fully saturated rings. The second-order valence-corrected chi connectivity index (χ2v) is 17.5. The minimum atomic E-state index is 0.859. The van der Waals surface area contributed by atoms with E-state index in [2.05, 4.69) is 268 Å². The third kappa shape index (κ3) is 5.66. The van der Waals surface area contributed by atoms with Gasteiger partial charge >= 0.3 is 0 Å². The first-order valence-electron chi connectivity index (χ1n) is 23.2. The predicted octanol–water partition coefficient (Wildman–Crippen LogP) is 16.9. The predicted molar refractivity (Wildman–Crippen MR) is 282 cm³/mol. The fourth-order valence-corrected chi connectivity index (χ4v) is 11.0. The van der Waals surface area contributed by atoms with Gasteiger partial charge in [-0.3, -0.25) is 4.57 Å². The van der Waals surface area contributed by atoms with E-state index in [0.717, 1.165) is 90.4 Å². The molecule has 2 aliphatic heterocycles. The van der Waals surface area contributed by atoms with Crippen LogP contribution in [-0.2, 0) is 0 Å². The highest BCUT2D eigenvalue weighted by Crippen LogP contribution is 2.56. The van der Waals surface area contributed by atoms with Crippen LogP contribution in [0.1, 0.15) is 0 Å². The summed E-state index contributed by atoms with van der Waals surface area (Å²) >= 11 is 0. The van der Waals surface area contributed by atoms with E-state index in [4.69, 9.17) is 4.98 Å². The molecule has 2 aliphatic rings. The number of aromatic nitrogens is 3. The van der Waals surface area contributed by atoms with Gasteiger partial charge in [0.1, 0.15) is 5.82 Å². The maximum atomic E-state index is 5.61. The molecule has 5 nitrogen and oxygen atoms in total. The zero-order chi connectivity index (χ0) is 44.7. The summed E-state index contributed by atoms with van der Waals surface area (Å²) in [6.07, 6.45) is 0. The topological polar surface area (TPSA) is 29.2 Å². The number of benzene rings is 9. The highest BCUT2D eigenvalue weighted by molar-refractivity contribution is 6.14. The molecule has 0 saturated carbocycles. The molecule has 5 heteroatoms. The van der Waals surface area contributed by atoms with E-state index >= 15 is 0 Å². The minimum absolute atomic E-state index is 0.859. The molecule has 0 unspecified atom stereocenters. The Morgan fingerprint density at radius 3 is 1.26 bits per heavy atom. The zero-order valence-electron chi connectivity index (χ0n) is 36.9. The highest BCUT2D eigenvalue weighted by atomic mass is 15.2. The molecule has 0 spiro atoms. The van der Waals surface area contributed by atoms with Crippen molar-refractivity contribution in [3.05, 3.63) is 249 Å². The maximum absolute atomic E-state index is 5.61. The van der Waals surface area contributed by atoms with E-state index in [1.165, 1.54) is 33.0 Å². The van der Waals surface area contributed by atoms with Crippen molar-refractivity contribution < 1.29 is 0 Å². The standard InChI is InChI=1S/C63H41N5/c1-3-22-43(23-4-1)65-53-34-13-7-27-46(53)60-48-29-9-15-36-55(48)67(62(60)50-31-11-17-38-57(50)65)45-26-19-21-42(41-45)52-33-20-40-59(64-52)68-56-37-16-10-30-49(56)61-47-28-8-14-35-54(47)66(44-24-5-2-6-25-44)58-39-18-12-32-51(58)63(61)68/h1-41H. The van der Waals surface area contributed by atoms with Crippen molar-refractivity contribution in [2.45, 2.75) is 0 Å². The summed E-state index contributed by atoms with van der Waals surface area (Å²) in [5.41, 5.74) is 21.4. The second-order valence-electron chi connectivity index (χ2n) is 17.5. The number of para-hydroxylation sites is 8. The summed E-state index contributed by atoms with van der Waals surface area (Å²) < 4.78 is 4.85. The Morgan fingerprint density at radius 2 is 0.706 bits per heavy atom. The van der Waals surface area contributed by atoms with Crippen molar-refractivity contribution in [2.24, 2.45) is 0 Å². The second kappa shape index (κ2) is 15.2. The SMILES string of the molecule is c1ccc(N2c3ccccc3-c3c(n(-c4cccc(-c5cccc(-n6c7c(c8ccccc86)-c6ccccc6N(c6ccccc6)c6ccccc6-7)n5)c4)c4ccccc34)-c3ccccc32)cc1. The van der Waals surface area contributed by atoms with Gasteiger partial charge in [0.2, 0.25) is 0 Å². The monoisotopic (exact) mass is 867 g/mol. The number of fused-ring (bicyclic) bond motifs is 14. The van der Waals surface area contributed by atoms with Gasteiger partial charge in [-0.2, -0.15) is 0 Å². The van der Waals surface area contributed by atoms with Gasteiger partial charge < -0.3 is 14.4 Å². The summed E-state index contributed by atoms with van der Waals surface area (Å²) in [6.45, 7) is 0. The largest absolute Gasteiger partial charge is 0.309 e. The van der Waals surface area contributed by atoms with Crippen molar-refractivity contribution in [3.8, 4) is 67.5 Å². The van der Waals surface area contributed by atoms with Gasteiger partial charge in [0.15, 0.2) is 0 Å². The lowest BCUT2D eigenvalue weighted by Crippen LogP contribution is -2.11. The van der Waals surface area contributed by atoms with Crippen molar-refractivity contribution in [1.82, 2.24) is 14.1 Å². The van der Waals surface area contributed by atoms with Crippen LogP contribution in [0.4, 0.5) is 34.1 Å². The molecule has 0 amide bonds. The summed E-state index contributed by atoms with van der Waals surface area (Å²) in [5, 5.41) is 2.39. The molecule has 0 atom stereocenters. The number of anilines is 6. The molecule has 9 aromatic carbocycles. The van der Waals surface area contributed by atoms with E-state index in [9.17, 15) is 0 Å².